The maximum absolute atomic E-state index is 10.3. The fraction of sp³-hybridized carbons (Fsp3) is 0.211. The van der Waals surface area contributed by atoms with Crippen LogP contribution in [0.4, 0.5) is 5.69 Å². The fourth-order valence-corrected chi connectivity index (χ4v) is 2.56. The number of aromatic nitrogens is 1. The van der Waals surface area contributed by atoms with Gasteiger partial charge in [0, 0.05) is 11.4 Å². The van der Waals surface area contributed by atoms with E-state index in [2.05, 4.69) is 22.4 Å². The summed E-state index contributed by atoms with van der Waals surface area (Å²) in [7, 11) is 0. The number of benzene rings is 2. The first-order valence-electron chi connectivity index (χ1n) is 7.81. The number of nitrogens with two attached hydrogens (primary N) is 1. The van der Waals surface area contributed by atoms with Crippen molar-refractivity contribution in [2.45, 2.75) is 25.1 Å². The Kier molecular flexibility index (Phi) is 4.86. The van der Waals surface area contributed by atoms with Gasteiger partial charge in [-0.15, -0.1) is 0 Å². The van der Waals surface area contributed by atoms with Crippen LogP contribution in [-0.2, 0) is 6.42 Å². The Hall–Kier alpha value is -2.43. The molecular weight excluding hydrogens is 286 g/mol. The molecule has 23 heavy (non-hydrogen) atoms. The van der Waals surface area contributed by atoms with Crippen LogP contribution < -0.4 is 11.1 Å². The first-order valence-corrected chi connectivity index (χ1v) is 7.81. The highest BCUT2D eigenvalue weighted by Crippen LogP contribution is 2.17. The number of fused-ring (bicyclic) bond motifs is 1. The predicted octanol–water partition coefficient (Wildman–Crippen LogP) is 2.93. The molecule has 0 aliphatic rings. The van der Waals surface area contributed by atoms with Gasteiger partial charge >= 0.3 is 0 Å². The summed E-state index contributed by atoms with van der Waals surface area (Å²) in [6, 6.07) is 19.7. The third-order valence-electron chi connectivity index (χ3n) is 3.92. The fourth-order valence-electron chi connectivity index (χ4n) is 2.56. The molecule has 0 saturated carbocycles. The van der Waals surface area contributed by atoms with Gasteiger partial charge in [-0.25, -0.2) is 0 Å². The quantitative estimate of drug-likeness (QED) is 0.612. The van der Waals surface area contributed by atoms with E-state index in [0.717, 1.165) is 23.0 Å². The Morgan fingerprint density at radius 3 is 2.61 bits per heavy atom. The van der Waals surface area contributed by atoms with Gasteiger partial charge in [-0.1, -0.05) is 48.5 Å². The smallest absolute Gasteiger partial charge is 0.139 e. The van der Waals surface area contributed by atoms with Gasteiger partial charge in [-0.05, 0) is 30.5 Å². The third-order valence-corrected chi connectivity index (χ3v) is 3.92. The summed E-state index contributed by atoms with van der Waals surface area (Å²) in [5, 5.41) is 14.3. The maximum Gasteiger partial charge on any atom is 0.139 e. The molecule has 0 fully saturated rings. The molecule has 1 heterocycles. The zero-order valence-corrected chi connectivity index (χ0v) is 12.9. The lowest BCUT2D eigenvalue weighted by Gasteiger charge is -2.21. The van der Waals surface area contributed by atoms with Gasteiger partial charge in [0.05, 0.1) is 17.4 Å². The van der Waals surface area contributed by atoms with E-state index in [0.29, 0.717) is 6.42 Å². The summed E-state index contributed by atoms with van der Waals surface area (Å²) >= 11 is 0. The molecule has 118 valence electrons. The van der Waals surface area contributed by atoms with Crippen LogP contribution in [0.1, 0.15) is 12.0 Å². The van der Waals surface area contributed by atoms with Gasteiger partial charge in [0.25, 0.3) is 0 Å². The molecule has 2 atom stereocenters. The Bertz CT molecular complexity index is 761. The molecule has 1 aromatic heterocycles. The first kappa shape index (κ1) is 15.5. The summed E-state index contributed by atoms with van der Waals surface area (Å²) in [5.74, 6) is 0. The molecule has 0 spiro atoms. The van der Waals surface area contributed by atoms with Gasteiger partial charge in [0.15, 0.2) is 0 Å². The second kappa shape index (κ2) is 7.22. The van der Waals surface area contributed by atoms with E-state index in [1.807, 2.05) is 48.5 Å². The van der Waals surface area contributed by atoms with E-state index in [1.54, 1.807) is 6.20 Å². The van der Waals surface area contributed by atoms with Gasteiger partial charge in [-0.2, -0.15) is 0 Å². The summed E-state index contributed by atoms with van der Waals surface area (Å²) in [4.78, 5) is 4.37. The van der Waals surface area contributed by atoms with Crippen LogP contribution in [0.25, 0.3) is 10.9 Å². The van der Waals surface area contributed by atoms with Crippen molar-refractivity contribution in [2.24, 2.45) is 5.73 Å². The molecule has 0 aliphatic heterocycles. The van der Waals surface area contributed by atoms with Crippen LogP contribution in [-0.4, -0.2) is 22.4 Å². The number of aliphatic hydroxyl groups excluding tert-OH is 1. The van der Waals surface area contributed by atoms with Crippen LogP contribution in [0, 0.1) is 0 Å². The molecule has 4 nitrogen and oxygen atoms in total. The number of anilines is 1. The first-order chi connectivity index (χ1) is 11.2. The van der Waals surface area contributed by atoms with E-state index in [1.165, 1.54) is 5.56 Å². The van der Waals surface area contributed by atoms with Crippen molar-refractivity contribution in [3.63, 3.8) is 0 Å². The molecule has 4 heteroatoms. The number of rotatable bonds is 6. The van der Waals surface area contributed by atoms with Crippen molar-refractivity contribution in [3.05, 3.63) is 72.4 Å². The van der Waals surface area contributed by atoms with Crippen LogP contribution in [0.15, 0.2) is 66.9 Å². The van der Waals surface area contributed by atoms with Crippen molar-refractivity contribution in [1.29, 1.82) is 0 Å². The van der Waals surface area contributed by atoms with Crippen molar-refractivity contribution < 1.29 is 5.11 Å². The summed E-state index contributed by atoms with van der Waals surface area (Å²) in [6.07, 6.45) is 2.47. The van der Waals surface area contributed by atoms with E-state index in [4.69, 9.17) is 5.73 Å². The zero-order chi connectivity index (χ0) is 16.1. The molecule has 0 saturated heterocycles. The maximum atomic E-state index is 10.3. The normalized spacial score (nSPS) is 13.7. The molecular formula is C19H21N3O. The third kappa shape index (κ3) is 4.06. The Labute approximate surface area is 136 Å². The molecule has 0 radical (unpaired) electrons. The van der Waals surface area contributed by atoms with Crippen LogP contribution in [0.2, 0.25) is 0 Å². The molecule has 4 N–H and O–H groups in total. The van der Waals surface area contributed by atoms with Gasteiger partial charge in [0.1, 0.15) is 6.23 Å². The summed E-state index contributed by atoms with van der Waals surface area (Å²) in [6.45, 7) is 0. The molecule has 2 unspecified atom stereocenters. The Morgan fingerprint density at radius 2 is 1.78 bits per heavy atom. The summed E-state index contributed by atoms with van der Waals surface area (Å²) < 4.78 is 0. The van der Waals surface area contributed by atoms with Crippen molar-refractivity contribution in [2.75, 3.05) is 5.32 Å². The second-order valence-corrected chi connectivity index (χ2v) is 5.69. The number of pyridine rings is 1. The highest BCUT2D eigenvalue weighted by atomic mass is 16.3. The average molecular weight is 307 g/mol. The topological polar surface area (TPSA) is 71.2 Å². The minimum atomic E-state index is -0.804. The number of aryl methyl sites for hydroxylation is 1. The lowest BCUT2D eigenvalue weighted by atomic mass is 10.0. The van der Waals surface area contributed by atoms with Gasteiger partial charge < -0.3 is 16.2 Å². The van der Waals surface area contributed by atoms with Gasteiger partial charge in [-0.3, -0.25) is 4.98 Å². The van der Waals surface area contributed by atoms with E-state index in [-0.39, 0.29) is 6.04 Å². The van der Waals surface area contributed by atoms with Crippen molar-refractivity contribution in [3.8, 4) is 0 Å². The number of para-hydroxylation sites is 1. The number of aliphatic hydroxyl groups is 1. The Morgan fingerprint density at radius 1 is 1.04 bits per heavy atom. The standard InChI is InChI=1S/C19H21N3O/c20-17(11-10-14-6-2-1-3-7-14)19(23)22-16-12-15-8-4-5-9-18(15)21-13-16/h1-9,12-13,17,19,22-23H,10-11,20H2. The minimum absolute atomic E-state index is 0.346. The van der Waals surface area contributed by atoms with Crippen LogP contribution in [0.3, 0.4) is 0 Å². The lowest BCUT2D eigenvalue weighted by molar-refractivity contribution is 0.167. The number of hydrogen-bond donors (Lipinski definition) is 3. The summed E-state index contributed by atoms with van der Waals surface area (Å²) in [5.41, 5.74) is 9.02. The minimum Gasteiger partial charge on any atom is -0.372 e. The predicted molar refractivity (Wildman–Crippen MR) is 94.1 cm³/mol. The van der Waals surface area contributed by atoms with Crippen LogP contribution in [0.5, 0.6) is 0 Å². The Balaban J connectivity index is 1.59. The molecule has 0 bridgehead atoms. The monoisotopic (exact) mass is 307 g/mol. The van der Waals surface area contributed by atoms with E-state index >= 15 is 0 Å². The molecule has 3 rings (SSSR count). The average Bonchev–Trinajstić information content (AvgIpc) is 2.60. The highest BCUT2D eigenvalue weighted by molar-refractivity contribution is 5.81. The molecule has 2 aromatic carbocycles. The number of nitrogens with zero attached hydrogens (tertiary/aromatic N) is 1. The second-order valence-electron chi connectivity index (χ2n) is 5.69. The lowest BCUT2D eigenvalue weighted by Crippen LogP contribution is -2.40. The van der Waals surface area contributed by atoms with Gasteiger partial charge in [0.2, 0.25) is 0 Å². The SMILES string of the molecule is NC(CCc1ccccc1)C(O)Nc1cnc2ccccc2c1. The van der Waals surface area contributed by atoms with Crippen LogP contribution >= 0.6 is 0 Å². The largest absolute Gasteiger partial charge is 0.372 e. The molecule has 3 aromatic rings. The van der Waals surface area contributed by atoms with Crippen molar-refractivity contribution >= 4 is 16.6 Å². The van der Waals surface area contributed by atoms with E-state index < -0.39 is 6.23 Å². The molecule has 0 amide bonds. The molecule has 0 aliphatic carbocycles. The van der Waals surface area contributed by atoms with E-state index in [9.17, 15) is 5.11 Å². The zero-order valence-electron chi connectivity index (χ0n) is 12.9. The highest BCUT2D eigenvalue weighted by Gasteiger charge is 2.14. The number of hydrogen-bond acceptors (Lipinski definition) is 4. The van der Waals surface area contributed by atoms with Crippen molar-refractivity contribution in [1.82, 2.24) is 4.98 Å². The number of nitrogens with one attached hydrogen (secondary N) is 1.